The summed E-state index contributed by atoms with van der Waals surface area (Å²) in [6.07, 6.45) is 5.40. The van der Waals surface area contributed by atoms with Crippen molar-refractivity contribution in [2.45, 2.75) is 43.5 Å². The molecule has 3 heteroatoms. The van der Waals surface area contributed by atoms with E-state index in [9.17, 15) is 4.39 Å². The molecule has 1 aliphatic carbocycles. The van der Waals surface area contributed by atoms with Crippen molar-refractivity contribution in [3.63, 3.8) is 0 Å². The smallest absolute Gasteiger partial charge is 0.124 e. The molecule has 1 aromatic carbocycles. The zero-order valence-electron chi connectivity index (χ0n) is 11.9. The molecule has 1 saturated carbocycles. The van der Waals surface area contributed by atoms with Gasteiger partial charge in [0.15, 0.2) is 0 Å². The molecule has 0 amide bonds. The summed E-state index contributed by atoms with van der Waals surface area (Å²) in [5.74, 6) is 2.51. The van der Waals surface area contributed by atoms with Crippen molar-refractivity contribution in [2.24, 2.45) is 11.8 Å². The Morgan fingerprint density at radius 2 is 2.26 bits per heavy atom. The van der Waals surface area contributed by atoms with Crippen molar-refractivity contribution in [3.8, 4) is 0 Å². The molecule has 1 aliphatic rings. The second kappa shape index (κ2) is 7.30. The molecule has 1 aromatic rings. The Labute approximate surface area is 120 Å². The Morgan fingerprint density at radius 3 is 2.95 bits per heavy atom. The van der Waals surface area contributed by atoms with Gasteiger partial charge in [-0.2, -0.15) is 0 Å². The molecule has 1 nitrogen and oxygen atoms in total. The Morgan fingerprint density at radius 1 is 1.42 bits per heavy atom. The highest BCUT2D eigenvalue weighted by Gasteiger charge is 2.25. The fourth-order valence-electron chi connectivity index (χ4n) is 3.04. The standard InChI is InChI=1S/C16H24FNS/c1-12-5-3-6-13(9-12)16(18-2)11-19-15-8-4-7-14(17)10-15/h4,7-8,10,12-13,16,18H,3,5-6,9,11H2,1-2H3. The van der Waals surface area contributed by atoms with Gasteiger partial charge >= 0.3 is 0 Å². The maximum Gasteiger partial charge on any atom is 0.124 e. The first-order valence-electron chi connectivity index (χ1n) is 7.24. The minimum Gasteiger partial charge on any atom is -0.316 e. The molecule has 106 valence electrons. The van der Waals surface area contributed by atoms with E-state index in [4.69, 9.17) is 0 Å². The van der Waals surface area contributed by atoms with Gasteiger partial charge in [-0.25, -0.2) is 4.39 Å². The summed E-state index contributed by atoms with van der Waals surface area (Å²) in [5.41, 5.74) is 0. The zero-order chi connectivity index (χ0) is 13.7. The lowest BCUT2D eigenvalue weighted by atomic mass is 9.79. The lowest BCUT2D eigenvalue weighted by molar-refractivity contribution is 0.240. The van der Waals surface area contributed by atoms with E-state index >= 15 is 0 Å². The van der Waals surface area contributed by atoms with Crippen LogP contribution in [0, 0.1) is 17.7 Å². The lowest BCUT2D eigenvalue weighted by Crippen LogP contribution is -2.38. The third kappa shape index (κ3) is 4.50. The minimum atomic E-state index is -0.141. The van der Waals surface area contributed by atoms with Crippen LogP contribution < -0.4 is 5.32 Å². The lowest BCUT2D eigenvalue weighted by Gasteiger charge is -2.33. The van der Waals surface area contributed by atoms with Crippen molar-refractivity contribution in [3.05, 3.63) is 30.1 Å². The second-order valence-electron chi connectivity index (χ2n) is 5.70. The molecule has 0 bridgehead atoms. The van der Waals surface area contributed by atoms with Crippen LogP contribution in [0.1, 0.15) is 32.6 Å². The maximum absolute atomic E-state index is 13.2. The van der Waals surface area contributed by atoms with Gasteiger partial charge in [0.05, 0.1) is 0 Å². The number of rotatable bonds is 5. The highest BCUT2D eigenvalue weighted by atomic mass is 32.2. The Balaban J connectivity index is 1.88. The third-order valence-electron chi connectivity index (χ3n) is 4.14. The van der Waals surface area contributed by atoms with Crippen LogP contribution in [0.15, 0.2) is 29.2 Å². The number of halogens is 1. The van der Waals surface area contributed by atoms with E-state index in [1.807, 2.05) is 6.07 Å². The van der Waals surface area contributed by atoms with E-state index in [1.165, 1.54) is 31.7 Å². The number of benzene rings is 1. The molecule has 0 saturated heterocycles. The fourth-order valence-corrected chi connectivity index (χ4v) is 4.23. The van der Waals surface area contributed by atoms with Crippen molar-refractivity contribution in [1.82, 2.24) is 5.32 Å². The highest BCUT2D eigenvalue weighted by Crippen LogP contribution is 2.32. The maximum atomic E-state index is 13.2. The summed E-state index contributed by atoms with van der Waals surface area (Å²) in [7, 11) is 2.05. The van der Waals surface area contributed by atoms with Crippen LogP contribution in [0.2, 0.25) is 0 Å². The summed E-state index contributed by atoms with van der Waals surface area (Å²) in [4.78, 5) is 1.03. The Kier molecular flexibility index (Phi) is 5.71. The van der Waals surface area contributed by atoms with E-state index in [2.05, 4.69) is 19.3 Å². The van der Waals surface area contributed by atoms with Gasteiger partial charge in [-0.3, -0.25) is 0 Å². The number of thioether (sulfide) groups is 1. The zero-order valence-corrected chi connectivity index (χ0v) is 12.7. The molecule has 1 N–H and O–H groups in total. The molecule has 19 heavy (non-hydrogen) atoms. The number of hydrogen-bond donors (Lipinski definition) is 1. The Hall–Kier alpha value is -0.540. The van der Waals surface area contributed by atoms with Gasteiger partial charge in [-0.15, -0.1) is 11.8 Å². The van der Waals surface area contributed by atoms with E-state index in [0.717, 1.165) is 22.5 Å². The largest absolute Gasteiger partial charge is 0.316 e. The van der Waals surface area contributed by atoms with Gasteiger partial charge in [-0.1, -0.05) is 25.8 Å². The van der Waals surface area contributed by atoms with E-state index in [0.29, 0.717) is 6.04 Å². The van der Waals surface area contributed by atoms with Crippen molar-refractivity contribution in [1.29, 1.82) is 0 Å². The van der Waals surface area contributed by atoms with Gasteiger partial charge in [0.2, 0.25) is 0 Å². The summed E-state index contributed by atoms with van der Waals surface area (Å²) in [6, 6.07) is 7.44. The van der Waals surface area contributed by atoms with Crippen LogP contribution in [0.5, 0.6) is 0 Å². The first-order chi connectivity index (χ1) is 9.19. The molecule has 0 spiro atoms. The van der Waals surface area contributed by atoms with E-state index < -0.39 is 0 Å². The summed E-state index contributed by atoms with van der Waals surface area (Å²) >= 11 is 1.76. The number of nitrogens with one attached hydrogen (secondary N) is 1. The quantitative estimate of drug-likeness (QED) is 0.806. The summed E-state index contributed by atoms with van der Waals surface area (Å²) in [6.45, 7) is 2.36. The molecule has 1 fully saturated rings. The van der Waals surface area contributed by atoms with Crippen LogP contribution in [0.3, 0.4) is 0 Å². The van der Waals surface area contributed by atoms with Crippen molar-refractivity contribution >= 4 is 11.8 Å². The predicted molar refractivity (Wildman–Crippen MR) is 81.1 cm³/mol. The van der Waals surface area contributed by atoms with Gasteiger partial charge in [0, 0.05) is 16.7 Å². The molecule has 0 aliphatic heterocycles. The topological polar surface area (TPSA) is 12.0 Å². The second-order valence-corrected chi connectivity index (χ2v) is 6.79. The average Bonchev–Trinajstić information content (AvgIpc) is 2.40. The first kappa shape index (κ1) is 14.9. The fraction of sp³-hybridized carbons (Fsp3) is 0.625. The first-order valence-corrected chi connectivity index (χ1v) is 8.23. The van der Waals surface area contributed by atoms with Crippen LogP contribution in [0.4, 0.5) is 4.39 Å². The molecule has 3 unspecified atom stereocenters. The Bertz CT molecular complexity index is 396. The van der Waals surface area contributed by atoms with E-state index in [1.54, 1.807) is 23.9 Å². The molecule has 0 aromatic heterocycles. The molecular formula is C16H24FNS. The highest BCUT2D eigenvalue weighted by molar-refractivity contribution is 7.99. The predicted octanol–water partition coefficient (Wildman–Crippen LogP) is 4.33. The summed E-state index contributed by atoms with van der Waals surface area (Å²) in [5, 5.41) is 3.46. The third-order valence-corrected chi connectivity index (χ3v) is 5.26. The van der Waals surface area contributed by atoms with Crippen LogP contribution in [-0.2, 0) is 0 Å². The SMILES string of the molecule is CNC(CSc1cccc(F)c1)C1CCCC(C)C1. The van der Waals surface area contributed by atoms with Crippen molar-refractivity contribution in [2.75, 3.05) is 12.8 Å². The molecule has 2 rings (SSSR count). The van der Waals surface area contributed by atoms with Crippen LogP contribution in [0.25, 0.3) is 0 Å². The van der Waals surface area contributed by atoms with Gasteiger partial charge in [-0.05, 0) is 49.9 Å². The molecule has 0 radical (unpaired) electrons. The summed E-state index contributed by atoms with van der Waals surface area (Å²) < 4.78 is 13.2. The molecule has 0 heterocycles. The minimum absolute atomic E-state index is 0.141. The van der Waals surface area contributed by atoms with E-state index in [-0.39, 0.29) is 5.82 Å². The average molecular weight is 281 g/mol. The van der Waals surface area contributed by atoms with Crippen LogP contribution >= 0.6 is 11.8 Å². The molecular weight excluding hydrogens is 257 g/mol. The monoisotopic (exact) mass is 281 g/mol. The normalized spacial score (nSPS) is 25.2. The van der Waals surface area contributed by atoms with Gasteiger partial charge in [0.25, 0.3) is 0 Å². The van der Waals surface area contributed by atoms with Crippen LogP contribution in [-0.4, -0.2) is 18.8 Å². The van der Waals surface area contributed by atoms with Gasteiger partial charge < -0.3 is 5.32 Å². The number of hydrogen-bond acceptors (Lipinski definition) is 2. The van der Waals surface area contributed by atoms with Crippen molar-refractivity contribution < 1.29 is 4.39 Å². The van der Waals surface area contributed by atoms with Gasteiger partial charge in [0.1, 0.15) is 5.82 Å². The molecule has 3 atom stereocenters.